The van der Waals surface area contributed by atoms with Crippen molar-refractivity contribution < 1.29 is 4.79 Å². The molecule has 1 fully saturated rings. The van der Waals surface area contributed by atoms with Gasteiger partial charge in [-0.3, -0.25) is 4.79 Å². The minimum absolute atomic E-state index is 0.0684. The summed E-state index contributed by atoms with van der Waals surface area (Å²) in [7, 11) is 0. The van der Waals surface area contributed by atoms with Crippen molar-refractivity contribution in [3.8, 4) is 0 Å². The second-order valence-corrected chi connectivity index (χ2v) is 4.52. The van der Waals surface area contributed by atoms with E-state index in [1.807, 2.05) is 0 Å². The number of H-pyrrole nitrogens is 1. The highest BCUT2D eigenvalue weighted by molar-refractivity contribution is 5.90. The average molecular weight is 274 g/mol. The molecule has 1 saturated heterocycles. The van der Waals surface area contributed by atoms with Crippen LogP contribution in [0.2, 0.25) is 0 Å². The molecule has 0 radical (unpaired) electrons. The molecule has 20 heavy (non-hydrogen) atoms. The Bertz CT molecular complexity index is 549. The molecule has 104 valence electrons. The first-order valence-electron chi connectivity index (χ1n) is 6.39. The summed E-state index contributed by atoms with van der Waals surface area (Å²) in [6.45, 7) is 1.61. The van der Waals surface area contributed by atoms with Crippen molar-refractivity contribution in [2.24, 2.45) is 0 Å². The van der Waals surface area contributed by atoms with E-state index in [2.05, 4.69) is 40.8 Å². The lowest BCUT2D eigenvalue weighted by molar-refractivity contribution is 0.0920. The van der Waals surface area contributed by atoms with Crippen LogP contribution in [0.4, 0.5) is 5.95 Å². The Morgan fingerprint density at radius 1 is 1.30 bits per heavy atom. The summed E-state index contributed by atoms with van der Waals surface area (Å²) in [6.07, 6.45) is 5.13. The molecule has 0 aliphatic carbocycles. The summed E-state index contributed by atoms with van der Waals surface area (Å²) in [6, 6.07) is 1.91. The highest BCUT2D eigenvalue weighted by atomic mass is 16.2. The molecular formula is C11H14N8O. The summed E-state index contributed by atoms with van der Waals surface area (Å²) in [5.74, 6) is 0.502. The third-order valence-corrected chi connectivity index (χ3v) is 3.21. The van der Waals surface area contributed by atoms with Crippen LogP contribution in [0.3, 0.4) is 0 Å². The molecule has 0 unspecified atom stereocenters. The van der Waals surface area contributed by atoms with Crippen molar-refractivity contribution in [3.05, 3.63) is 24.3 Å². The third kappa shape index (κ3) is 2.71. The van der Waals surface area contributed by atoms with E-state index < -0.39 is 0 Å². The molecule has 0 atom stereocenters. The molecular weight excluding hydrogens is 260 g/mol. The Labute approximate surface area is 114 Å². The molecule has 0 spiro atoms. The molecule has 0 saturated carbocycles. The molecule has 1 amide bonds. The minimum atomic E-state index is -0.298. The standard InChI is InChI=1S/C11H14N8O/c20-10(9-15-17-18-16-9)14-8-2-6-19(7-3-8)11-12-4-1-5-13-11/h1,4-5,8H,2-3,6-7H2,(H,14,20)(H,15,16,17,18). The van der Waals surface area contributed by atoms with Gasteiger partial charge in [0.05, 0.1) is 0 Å². The first-order chi connectivity index (χ1) is 9.83. The Hall–Kier alpha value is -2.58. The molecule has 3 heterocycles. The van der Waals surface area contributed by atoms with Crippen LogP contribution in [0.1, 0.15) is 23.5 Å². The molecule has 2 N–H and O–H groups in total. The highest BCUT2D eigenvalue weighted by Crippen LogP contribution is 2.15. The van der Waals surface area contributed by atoms with E-state index in [1.54, 1.807) is 18.5 Å². The fourth-order valence-electron chi connectivity index (χ4n) is 2.19. The highest BCUT2D eigenvalue weighted by Gasteiger charge is 2.23. The Morgan fingerprint density at radius 2 is 2.05 bits per heavy atom. The predicted octanol–water partition coefficient (Wildman–Crippen LogP) is -0.611. The topological polar surface area (TPSA) is 113 Å². The van der Waals surface area contributed by atoms with Gasteiger partial charge in [0, 0.05) is 31.5 Å². The number of tetrazole rings is 1. The van der Waals surface area contributed by atoms with E-state index in [-0.39, 0.29) is 17.8 Å². The number of carbonyl (C=O) groups excluding carboxylic acids is 1. The maximum atomic E-state index is 11.8. The second kappa shape index (κ2) is 5.59. The van der Waals surface area contributed by atoms with Gasteiger partial charge in [-0.1, -0.05) is 0 Å². The van der Waals surface area contributed by atoms with Crippen LogP contribution in [0.25, 0.3) is 0 Å². The number of nitrogens with zero attached hydrogens (tertiary/aromatic N) is 6. The van der Waals surface area contributed by atoms with Crippen molar-refractivity contribution >= 4 is 11.9 Å². The molecule has 1 aliphatic rings. The third-order valence-electron chi connectivity index (χ3n) is 3.21. The quantitative estimate of drug-likeness (QED) is 0.767. The Kier molecular flexibility index (Phi) is 3.48. The summed E-state index contributed by atoms with van der Waals surface area (Å²) in [5.41, 5.74) is 0. The van der Waals surface area contributed by atoms with E-state index in [0.717, 1.165) is 31.9 Å². The number of hydrogen-bond donors (Lipinski definition) is 2. The first kappa shape index (κ1) is 12.5. The van der Waals surface area contributed by atoms with Crippen LogP contribution >= 0.6 is 0 Å². The zero-order chi connectivity index (χ0) is 13.8. The molecule has 2 aromatic rings. The number of nitrogens with one attached hydrogen (secondary N) is 2. The molecule has 0 bridgehead atoms. The largest absolute Gasteiger partial charge is 0.346 e. The van der Waals surface area contributed by atoms with Gasteiger partial charge in [-0.05, 0) is 24.1 Å². The summed E-state index contributed by atoms with van der Waals surface area (Å²) in [5, 5.41) is 15.8. The molecule has 3 rings (SSSR count). The number of anilines is 1. The van der Waals surface area contributed by atoms with E-state index >= 15 is 0 Å². The van der Waals surface area contributed by atoms with Gasteiger partial charge >= 0.3 is 0 Å². The van der Waals surface area contributed by atoms with Crippen LogP contribution in [-0.2, 0) is 0 Å². The van der Waals surface area contributed by atoms with Crippen LogP contribution in [0.5, 0.6) is 0 Å². The Balaban J connectivity index is 1.53. The number of carbonyl (C=O) groups is 1. The van der Waals surface area contributed by atoms with Gasteiger partial charge in [-0.2, -0.15) is 5.21 Å². The van der Waals surface area contributed by atoms with Crippen molar-refractivity contribution in [3.63, 3.8) is 0 Å². The SMILES string of the molecule is O=C(NC1CCN(c2ncccn2)CC1)c1nn[nH]n1. The number of piperidine rings is 1. The lowest BCUT2D eigenvalue weighted by Gasteiger charge is -2.31. The van der Waals surface area contributed by atoms with Gasteiger partial charge in [0.15, 0.2) is 0 Å². The number of hydrogen-bond acceptors (Lipinski definition) is 7. The van der Waals surface area contributed by atoms with E-state index in [0.29, 0.717) is 0 Å². The number of rotatable bonds is 3. The van der Waals surface area contributed by atoms with Gasteiger partial charge in [0.25, 0.3) is 11.7 Å². The normalized spacial score (nSPS) is 16.1. The van der Waals surface area contributed by atoms with E-state index in [4.69, 9.17) is 0 Å². The zero-order valence-electron chi connectivity index (χ0n) is 10.7. The fourth-order valence-corrected chi connectivity index (χ4v) is 2.19. The van der Waals surface area contributed by atoms with Gasteiger partial charge in [0.2, 0.25) is 5.95 Å². The van der Waals surface area contributed by atoms with Crippen molar-refractivity contribution in [2.45, 2.75) is 18.9 Å². The molecule has 2 aromatic heterocycles. The fraction of sp³-hybridized carbons (Fsp3) is 0.455. The maximum Gasteiger partial charge on any atom is 0.293 e. The van der Waals surface area contributed by atoms with Gasteiger partial charge in [-0.15, -0.1) is 10.2 Å². The number of aromatic amines is 1. The monoisotopic (exact) mass is 274 g/mol. The van der Waals surface area contributed by atoms with Crippen molar-refractivity contribution in [2.75, 3.05) is 18.0 Å². The lowest BCUT2D eigenvalue weighted by Crippen LogP contribution is -2.45. The molecule has 9 nitrogen and oxygen atoms in total. The van der Waals surface area contributed by atoms with Gasteiger partial charge in [0.1, 0.15) is 0 Å². The molecule has 9 heteroatoms. The summed E-state index contributed by atoms with van der Waals surface area (Å²) < 4.78 is 0. The molecule has 1 aliphatic heterocycles. The molecule has 0 aromatic carbocycles. The smallest absolute Gasteiger partial charge is 0.293 e. The zero-order valence-corrected chi connectivity index (χ0v) is 10.7. The van der Waals surface area contributed by atoms with Crippen LogP contribution < -0.4 is 10.2 Å². The minimum Gasteiger partial charge on any atom is -0.346 e. The van der Waals surface area contributed by atoms with Gasteiger partial charge in [-0.25, -0.2) is 9.97 Å². The average Bonchev–Trinajstić information content (AvgIpc) is 3.03. The van der Waals surface area contributed by atoms with Crippen LogP contribution in [-0.4, -0.2) is 55.6 Å². The summed E-state index contributed by atoms with van der Waals surface area (Å²) >= 11 is 0. The Morgan fingerprint density at radius 3 is 2.70 bits per heavy atom. The predicted molar refractivity (Wildman–Crippen MR) is 68.9 cm³/mol. The van der Waals surface area contributed by atoms with Crippen molar-refractivity contribution in [1.29, 1.82) is 0 Å². The maximum absolute atomic E-state index is 11.8. The van der Waals surface area contributed by atoms with Crippen molar-refractivity contribution in [1.82, 2.24) is 35.9 Å². The van der Waals surface area contributed by atoms with Crippen LogP contribution in [0.15, 0.2) is 18.5 Å². The van der Waals surface area contributed by atoms with E-state index in [1.165, 1.54) is 0 Å². The number of aromatic nitrogens is 6. The first-order valence-corrected chi connectivity index (χ1v) is 6.39. The summed E-state index contributed by atoms with van der Waals surface area (Å²) in [4.78, 5) is 22.3. The second-order valence-electron chi connectivity index (χ2n) is 4.52. The number of amides is 1. The van der Waals surface area contributed by atoms with Gasteiger partial charge < -0.3 is 10.2 Å². The van der Waals surface area contributed by atoms with Crippen LogP contribution in [0, 0.1) is 0 Å². The lowest BCUT2D eigenvalue weighted by atomic mass is 10.1. The van der Waals surface area contributed by atoms with E-state index in [9.17, 15) is 4.79 Å².